The lowest BCUT2D eigenvalue weighted by Crippen LogP contribution is -2.20. The van der Waals surface area contributed by atoms with Crippen LogP contribution in [-0.4, -0.2) is 21.4 Å². The van der Waals surface area contributed by atoms with E-state index in [-0.39, 0.29) is 11.8 Å². The molecule has 0 fully saturated rings. The number of fused-ring (bicyclic) bond motifs is 1. The number of nitrogens with zero attached hydrogens (tertiary/aromatic N) is 3. The molecule has 132 valence electrons. The molecule has 0 spiro atoms. The molecule has 0 aliphatic carbocycles. The van der Waals surface area contributed by atoms with Crippen LogP contribution < -0.4 is 10.1 Å². The minimum absolute atomic E-state index is 0.106. The van der Waals surface area contributed by atoms with E-state index >= 15 is 0 Å². The zero-order chi connectivity index (χ0) is 18.1. The molecule has 1 N–H and O–H groups in total. The topological polar surface area (TPSA) is 52.0 Å². The van der Waals surface area contributed by atoms with Crippen molar-refractivity contribution in [3.63, 3.8) is 0 Å². The third-order valence-corrected chi connectivity index (χ3v) is 4.22. The fraction of sp³-hybridized carbons (Fsp3) is 0.111. The molecule has 0 saturated heterocycles. The van der Waals surface area contributed by atoms with Gasteiger partial charge in [-0.05, 0) is 53.6 Å². The Hall–Kier alpha value is -2.93. The molecule has 0 radical (unpaired) electrons. The minimum atomic E-state index is -2.85. The number of ether oxygens (including phenoxy) is 1. The van der Waals surface area contributed by atoms with Gasteiger partial charge in [0.2, 0.25) is 5.95 Å². The third-order valence-electron chi connectivity index (χ3n) is 3.99. The van der Waals surface area contributed by atoms with Crippen LogP contribution in [0, 0.1) is 0 Å². The van der Waals surface area contributed by atoms with Gasteiger partial charge in [0.15, 0.2) is 0 Å². The van der Waals surface area contributed by atoms with Gasteiger partial charge in [0.25, 0.3) is 0 Å². The van der Waals surface area contributed by atoms with E-state index in [1.807, 2.05) is 24.3 Å². The normalized spacial score (nSPS) is 16.0. The summed E-state index contributed by atoms with van der Waals surface area (Å²) in [4.78, 5) is 4.23. The predicted molar refractivity (Wildman–Crippen MR) is 94.3 cm³/mol. The van der Waals surface area contributed by atoms with Crippen LogP contribution in [0.15, 0.2) is 60.9 Å². The van der Waals surface area contributed by atoms with Crippen molar-refractivity contribution in [2.45, 2.75) is 12.7 Å². The molecule has 1 aliphatic rings. The molecule has 4 rings (SSSR count). The van der Waals surface area contributed by atoms with E-state index in [9.17, 15) is 8.78 Å². The number of benzene rings is 2. The van der Waals surface area contributed by atoms with E-state index in [1.54, 1.807) is 22.9 Å². The first-order chi connectivity index (χ1) is 12.6. The number of nitrogens with one attached hydrogen (secondary N) is 1. The highest BCUT2D eigenvalue weighted by Crippen LogP contribution is 2.33. The summed E-state index contributed by atoms with van der Waals surface area (Å²) in [6.07, 6.45) is 3.45. The van der Waals surface area contributed by atoms with Gasteiger partial charge in [-0.2, -0.15) is 18.9 Å². The van der Waals surface area contributed by atoms with Gasteiger partial charge in [0.05, 0.1) is 0 Å². The van der Waals surface area contributed by atoms with Gasteiger partial charge in [-0.1, -0.05) is 23.7 Å². The van der Waals surface area contributed by atoms with Crippen molar-refractivity contribution in [3.8, 4) is 5.75 Å². The average molecular weight is 375 g/mol. The summed E-state index contributed by atoms with van der Waals surface area (Å²) in [7, 11) is 0. The molecular formula is C18H13ClF2N4O. The number of aromatic nitrogens is 3. The molecule has 1 atom stereocenters. The molecule has 0 unspecified atom stereocenters. The van der Waals surface area contributed by atoms with Crippen molar-refractivity contribution in [1.82, 2.24) is 14.8 Å². The minimum Gasteiger partial charge on any atom is -0.435 e. The Bertz CT molecular complexity index is 956. The van der Waals surface area contributed by atoms with Gasteiger partial charge in [-0.25, -0.2) is 4.68 Å². The van der Waals surface area contributed by atoms with Crippen molar-refractivity contribution in [1.29, 1.82) is 0 Å². The first-order valence-corrected chi connectivity index (χ1v) is 8.17. The van der Waals surface area contributed by atoms with Gasteiger partial charge >= 0.3 is 6.61 Å². The lowest BCUT2D eigenvalue weighted by Gasteiger charge is -2.24. The zero-order valence-corrected chi connectivity index (χ0v) is 14.1. The SMILES string of the molecule is FC(F)Oc1ccc(C2=C[C@@H](c3cccc(Cl)c3)n3ncnc3N2)cc1. The third kappa shape index (κ3) is 3.25. The summed E-state index contributed by atoms with van der Waals surface area (Å²) >= 11 is 6.12. The molecule has 5 nitrogen and oxygen atoms in total. The maximum Gasteiger partial charge on any atom is 0.387 e. The maximum atomic E-state index is 12.3. The van der Waals surface area contributed by atoms with Gasteiger partial charge in [-0.15, -0.1) is 0 Å². The molecule has 1 aromatic heterocycles. The van der Waals surface area contributed by atoms with E-state index in [1.165, 1.54) is 18.5 Å². The summed E-state index contributed by atoms with van der Waals surface area (Å²) in [5.74, 6) is 0.690. The Labute approximate surface area is 152 Å². The van der Waals surface area contributed by atoms with Crippen molar-refractivity contribution >= 4 is 23.2 Å². The molecule has 2 aromatic carbocycles. The summed E-state index contributed by atoms with van der Waals surface area (Å²) in [6.45, 7) is -2.85. The van der Waals surface area contributed by atoms with E-state index in [4.69, 9.17) is 11.6 Å². The molecule has 0 amide bonds. The molecule has 26 heavy (non-hydrogen) atoms. The highest BCUT2D eigenvalue weighted by Gasteiger charge is 2.23. The highest BCUT2D eigenvalue weighted by molar-refractivity contribution is 6.30. The summed E-state index contributed by atoms with van der Waals surface area (Å²) < 4.78 is 30.7. The number of alkyl halides is 2. The molecule has 8 heteroatoms. The molecule has 3 aromatic rings. The zero-order valence-electron chi connectivity index (χ0n) is 13.3. The monoisotopic (exact) mass is 374 g/mol. The Morgan fingerprint density at radius 1 is 1.15 bits per heavy atom. The molecular weight excluding hydrogens is 362 g/mol. The van der Waals surface area contributed by atoms with Gasteiger partial charge < -0.3 is 10.1 Å². The van der Waals surface area contributed by atoms with Gasteiger partial charge in [-0.3, -0.25) is 0 Å². The number of hydrogen-bond acceptors (Lipinski definition) is 4. The smallest absolute Gasteiger partial charge is 0.387 e. The quantitative estimate of drug-likeness (QED) is 0.725. The van der Waals surface area contributed by atoms with E-state index in [2.05, 4.69) is 20.1 Å². The Balaban J connectivity index is 1.70. The molecule has 2 heterocycles. The van der Waals surface area contributed by atoms with Crippen LogP contribution in [0.25, 0.3) is 5.70 Å². The van der Waals surface area contributed by atoms with Crippen LogP contribution in [0.3, 0.4) is 0 Å². The number of hydrogen-bond donors (Lipinski definition) is 1. The number of halogens is 3. The second-order valence-electron chi connectivity index (χ2n) is 5.64. The van der Waals surface area contributed by atoms with Crippen LogP contribution in [0.2, 0.25) is 5.02 Å². The number of rotatable bonds is 4. The van der Waals surface area contributed by atoms with E-state index in [0.29, 0.717) is 11.0 Å². The standard InChI is InChI=1S/C18H13ClF2N4O/c19-13-3-1-2-12(8-13)16-9-15(24-18-22-10-23-25(16)18)11-4-6-14(7-5-11)26-17(20)21/h1-10,16-17H,(H,22,23,24)/t16-/m0/s1. The summed E-state index contributed by atoms with van der Waals surface area (Å²) in [5.41, 5.74) is 2.56. The first kappa shape index (κ1) is 16.5. The van der Waals surface area contributed by atoms with Crippen molar-refractivity contribution < 1.29 is 13.5 Å². The van der Waals surface area contributed by atoms with Gasteiger partial charge in [0, 0.05) is 10.7 Å². The Morgan fingerprint density at radius 3 is 2.69 bits per heavy atom. The second-order valence-corrected chi connectivity index (χ2v) is 6.07. The van der Waals surface area contributed by atoms with Gasteiger partial charge in [0.1, 0.15) is 18.1 Å². The van der Waals surface area contributed by atoms with Crippen LogP contribution in [0.5, 0.6) is 5.75 Å². The van der Waals surface area contributed by atoms with Crippen molar-refractivity contribution in [3.05, 3.63) is 77.1 Å². The van der Waals surface area contributed by atoms with Crippen LogP contribution in [0.1, 0.15) is 17.2 Å². The maximum absolute atomic E-state index is 12.3. The lowest BCUT2D eigenvalue weighted by molar-refractivity contribution is -0.0498. The fourth-order valence-electron chi connectivity index (χ4n) is 2.85. The largest absolute Gasteiger partial charge is 0.435 e. The van der Waals surface area contributed by atoms with E-state index in [0.717, 1.165) is 16.8 Å². The predicted octanol–water partition coefficient (Wildman–Crippen LogP) is 4.59. The summed E-state index contributed by atoms with van der Waals surface area (Å²) in [6, 6.07) is 13.7. The van der Waals surface area contributed by atoms with Crippen molar-refractivity contribution in [2.75, 3.05) is 5.32 Å². The molecule has 0 bridgehead atoms. The Kier molecular flexibility index (Phi) is 4.30. The van der Waals surface area contributed by atoms with Crippen LogP contribution in [0.4, 0.5) is 14.7 Å². The molecule has 0 saturated carbocycles. The fourth-order valence-corrected chi connectivity index (χ4v) is 3.04. The van der Waals surface area contributed by atoms with Crippen LogP contribution in [-0.2, 0) is 0 Å². The number of anilines is 1. The van der Waals surface area contributed by atoms with Crippen molar-refractivity contribution in [2.24, 2.45) is 0 Å². The second kappa shape index (κ2) is 6.76. The molecule has 1 aliphatic heterocycles. The number of allylic oxidation sites excluding steroid dienone is 1. The lowest BCUT2D eigenvalue weighted by atomic mass is 10.0. The van der Waals surface area contributed by atoms with E-state index < -0.39 is 6.61 Å². The van der Waals surface area contributed by atoms with Crippen LogP contribution >= 0.6 is 11.6 Å². The average Bonchev–Trinajstić information content (AvgIpc) is 3.09. The highest BCUT2D eigenvalue weighted by atomic mass is 35.5. The Morgan fingerprint density at radius 2 is 1.96 bits per heavy atom. The summed E-state index contributed by atoms with van der Waals surface area (Å²) in [5, 5.41) is 8.10. The first-order valence-electron chi connectivity index (χ1n) is 7.79.